The van der Waals surface area contributed by atoms with Crippen LogP contribution in [0.5, 0.6) is 0 Å². The van der Waals surface area contributed by atoms with Crippen LogP contribution in [0.1, 0.15) is 27.0 Å². The maximum atomic E-state index is 12.4. The molecule has 0 unspecified atom stereocenters. The number of carbonyl (C=O) groups is 1. The molecule has 2 aromatic carbocycles. The minimum atomic E-state index is -0.152. The molecule has 0 atom stereocenters. The van der Waals surface area contributed by atoms with Gasteiger partial charge in [0.2, 0.25) is 0 Å². The van der Waals surface area contributed by atoms with Gasteiger partial charge in [-0.2, -0.15) is 0 Å². The van der Waals surface area contributed by atoms with Gasteiger partial charge in [0.1, 0.15) is 0 Å². The van der Waals surface area contributed by atoms with Crippen molar-refractivity contribution in [1.82, 2.24) is 0 Å². The normalized spacial score (nSPS) is 10.4. The third kappa shape index (κ3) is 3.02. The van der Waals surface area contributed by atoms with Crippen molar-refractivity contribution in [1.29, 1.82) is 0 Å². The Labute approximate surface area is 127 Å². The Hall–Kier alpha value is -1.81. The first-order valence-electron chi connectivity index (χ1n) is 6.32. The third-order valence-corrected chi connectivity index (χ3v) is 3.92. The lowest BCUT2D eigenvalue weighted by Gasteiger charge is -2.12. The van der Waals surface area contributed by atoms with E-state index in [0.29, 0.717) is 11.3 Å². The first kappa shape index (κ1) is 14.6. The van der Waals surface area contributed by atoms with Crippen molar-refractivity contribution in [2.45, 2.75) is 20.8 Å². The number of amides is 1. The fraction of sp³-hybridized carbons (Fsp3) is 0.188. The number of halogens is 1. The number of aryl methyl sites for hydroxylation is 3. The summed E-state index contributed by atoms with van der Waals surface area (Å²) in [4.78, 5) is 12.4. The molecular formula is C16H17BrN2O. The summed E-state index contributed by atoms with van der Waals surface area (Å²) in [5, 5.41) is 2.91. The van der Waals surface area contributed by atoms with Crippen molar-refractivity contribution in [3.05, 3.63) is 57.1 Å². The van der Waals surface area contributed by atoms with Gasteiger partial charge >= 0.3 is 0 Å². The molecule has 0 radical (unpaired) electrons. The second-order valence-electron chi connectivity index (χ2n) is 4.96. The van der Waals surface area contributed by atoms with Gasteiger partial charge in [-0.15, -0.1) is 0 Å². The van der Waals surface area contributed by atoms with Gasteiger partial charge in [0.25, 0.3) is 5.91 Å². The molecule has 0 saturated carbocycles. The number of nitrogens with one attached hydrogen (secondary N) is 1. The Kier molecular flexibility index (Phi) is 4.14. The maximum Gasteiger partial charge on any atom is 0.256 e. The van der Waals surface area contributed by atoms with Crippen LogP contribution in [-0.2, 0) is 0 Å². The molecule has 0 aliphatic heterocycles. The summed E-state index contributed by atoms with van der Waals surface area (Å²) >= 11 is 3.44. The topological polar surface area (TPSA) is 55.1 Å². The van der Waals surface area contributed by atoms with Gasteiger partial charge in [0.05, 0.1) is 5.69 Å². The smallest absolute Gasteiger partial charge is 0.256 e. The minimum Gasteiger partial charge on any atom is -0.398 e. The Balaban J connectivity index is 2.33. The lowest BCUT2D eigenvalue weighted by Crippen LogP contribution is -2.14. The highest BCUT2D eigenvalue weighted by Gasteiger charge is 2.12. The SMILES string of the molecule is Cc1ccc(Br)c(NC(=O)c2cc(N)c(C)cc2C)c1. The molecule has 0 fully saturated rings. The summed E-state index contributed by atoms with van der Waals surface area (Å²) in [7, 11) is 0. The van der Waals surface area contributed by atoms with Crippen LogP contribution >= 0.6 is 15.9 Å². The van der Waals surface area contributed by atoms with Gasteiger partial charge in [0.15, 0.2) is 0 Å². The van der Waals surface area contributed by atoms with Crippen LogP contribution in [0, 0.1) is 20.8 Å². The minimum absolute atomic E-state index is 0.152. The molecule has 0 spiro atoms. The van der Waals surface area contributed by atoms with Crippen molar-refractivity contribution in [2.24, 2.45) is 0 Å². The molecule has 0 aromatic heterocycles. The summed E-state index contributed by atoms with van der Waals surface area (Å²) in [5.74, 6) is -0.152. The van der Waals surface area contributed by atoms with E-state index in [1.807, 2.05) is 45.0 Å². The van der Waals surface area contributed by atoms with Crippen molar-refractivity contribution < 1.29 is 4.79 Å². The number of benzene rings is 2. The zero-order valence-electron chi connectivity index (χ0n) is 11.8. The van der Waals surface area contributed by atoms with Crippen LogP contribution in [0.4, 0.5) is 11.4 Å². The van der Waals surface area contributed by atoms with Gasteiger partial charge < -0.3 is 11.1 Å². The molecule has 3 N–H and O–H groups in total. The molecule has 0 aliphatic rings. The number of anilines is 2. The molecule has 4 heteroatoms. The van der Waals surface area contributed by atoms with E-state index in [1.165, 1.54) is 0 Å². The van der Waals surface area contributed by atoms with E-state index in [9.17, 15) is 4.79 Å². The number of hydrogen-bond acceptors (Lipinski definition) is 2. The summed E-state index contributed by atoms with van der Waals surface area (Å²) in [6.07, 6.45) is 0. The monoisotopic (exact) mass is 332 g/mol. The molecule has 3 nitrogen and oxygen atoms in total. The molecule has 104 valence electrons. The Morgan fingerprint density at radius 2 is 1.80 bits per heavy atom. The van der Waals surface area contributed by atoms with Gasteiger partial charge in [-0.05, 0) is 71.6 Å². The molecule has 1 amide bonds. The van der Waals surface area contributed by atoms with Crippen LogP contribution in [-0.4, -0.2) is 5.91 Å². The van der Waals surface area contributed by atoms with E-state index >= 15 is 0 Å². The molecular weight excluding hydrogens is 316 g/mol. The Bertz CT molecular complexity index is 680. The zero-order chi connectivity index (χ0) is 14.9. The lowest BCUT2D eigenvalue weighted by molar-refractivity contribution is 0.102. The van der Waals surface area contributed by atoms with Crippen LogP contribution in [0.15, 0.2) is 34.8 Å². The summed E-state index contributed by atoms with van der Waals surface area (Å²) in [5.41, 5.74) is 10.9. The molecule has 2 aromatic rings. The van der Waals surface area contributed by atoms with Crippen LogP contribution in [0.25, 0.3) is 0 Å². The first-order chi connectivity index (χ1) is 9.38. The standard InChI is InChI=1S/C16H17BrN2O/c1-9-4-5-13(17)15(6-9)19-16(20)12-8-14(18)11(3)7-10(12)2/h4-8H,18H2,1-3H3,(H,19,20). The highest BCUT2D eigenvalue weighted by molar-refractivity contribution is 9.10. The number of nitrogen functional groups attached to an aromatic ring is 1. The molecule has 2 rings (SSSR count). The summed E-state index contributed by atoms with van der Waals surface area (Å²) in [6.45, 7) is 5.82. The summed E-state index contributed by atoms with van der Waals surface area (Å²) < 4.78 is 0.856. The maximum absolute atomic E-state index is 12.4. The largest absolute Gasteiger partial charge is 0.398 e. The van der Waals surface area contributed by atoms with Crippen LogP contribution < -0.4 is 11.1 Å². The molecule has 0 heterocycles. The van der Waals surface area contributed by atoms with Gasteiger partial charge in [-0.25, -0.2) is 0 Å². The van der Waals surface area contributed by atoms with Crippen molar-refractivity contribution >= 4 is 33.2 Å². The van der Waals surface area contributed by atoms with E-state index in [2.05, 4.69) is 21.2 Å². The van der Waals surface area contributed by atoms with Crippen molar-refractivity contribution in [3.8, 4) is 0 Å². The highest BCUT2D eigenvalue weighted by atomic mass is 79.9. The average molecular weight is 333 g/mol. The molecule has 20 heavy (non-hydrogen) atoms. The highest BCUT2D eigenvalue weighted by Crippen LogP contribution is 2.25. The number of rotatable bonds is 2. The molecule has 0 aliphatic carbocycles. The summed E-state index contributed by atoms with van der Waals surface area (Å²) in [6, 6.07) is 9.48. The first-order valence-corrected chi connectivity index (χ1v) is 7.12. The van der Waals surface area contributed by atoms with E-state index in [0.717, 1.165) is 26.9 Å². The van der Waals surface area contributed by atoms with Gasteiger partial charge in [-0.1, -0.05) is 12.1 Å². The predicted octanol–water partition coefficient (Wildman–Crippen LogP) is 4.21. The van der Waals surface area contributed by atoms with Crippen molar-refractivity contribution in [3.63, 3.8) is 0 Å². The van der Waals surface area contributed by atoms with Crippen LogP contribution in [0.3, 0.4) is 0 Å². The number of carbonyl (C=O) groups excluding carboxylic acids is 1. The van der Waals surface area contributed by atoms with Crippen LogP contribution in [0.2, 0.25) is 0 Å². The average Bonchev–Trinajstić information content (AvgIpc) is 2.38. The van der Waals surface area contributed by atoms with E-state index in [-0.39, 0.29) is 5.91 Å². The molecule has 0 bridgehead atoms. The third-order valence-electron chi connectivity index (χ3n) is 3.23. The second-order valence-corrected chi connectivity index (χ2v) is 5.82. The second kappa shape index (κ2) is 5.67. The van der Waals surface area contributed by atoms with Gasteiger partial charge in [0, 0.05) is 15.7 Å². The Morgan fingerprint density at radius 1 is 1.10 bits per heavy atom. The quantitative estimate of drug-likeness (QED) is 0.809. The van der Waals surface area contributed by atoms with Crippen molar-refractivity contribution in [2.75, 3.05) is 11.1 Å². The fourth-order valence-corrected chi connectivity index (χ4v) is 2.38. The lowest BCUT2D eigenvalue weighted by atomic mass is 10.0. The molecule has 0 saturated heterocycles. The number of hydrogen-bond donors (Lipinski definition) is 2. The fourth-order valence-electron chi connectivity index (χ4n) is 2.04. The predicted molar refractivity (Wildman–Crippen MR) is 87.2 cm³/mol. The van der Waals surface area contributed by atoms with E-state index in [1.54, 1.807) is 6.07 Å². The number of nitrogens with two attached hydrogens (primary N) is 1. The van der Waals surface area contributed by atoms with Gasteiger partial charge in [-0.3, -0.25) is 4.79 Å². The zero-order valence-corrected chi connectivity index (χ0v) is 13.3. The Morgan fingerprint density at radius 3 is 2.50 bits per heavy atom. The van der Waals surface area contributed by atoms with E-state index < -0.39 is 0 Å². The van der Waals surface area contributed by atoms with E-state index in [4.69, 9.17) is 5.73 Å².